The Balaban J connectivity index is 1.99. The van der Waals surface area contributed by atoms with E-state index in [9.17, 15) is 10.1 Å². The van der Waals surface area contributed by atoms with E-state index >= 15 is 0 Å². The largest absolute Gasteiger partial charge is 0.310 e. The Kier molecular flexibility index (Phi) is 4.19. The molecule has 1 N–H and O–H groups in total. The molecule has 2 rings (SSSR count). The van der Waals surface area contributed by atoms with Crippen LogP contribution < -0.4 is 5.32 Å². The standard InChI is InChI=1S/C13H17ClN2O2/c1-9-3-2-4-13(9)15-8-10-5-6-11(16(17)18)7-12(10)14/h5-7,9,13,15H,2-4,8H2,1H3. The summed E-state index contributed by atoms with van der Waals surface area (Å²) >= 11 is 6.05. The highest BCUT2D eigenvalue weighted by Gasteiger charge is 2.22. The number of nitro benzene ring substituents is 1. The summed E-state index contributed by atoms with van der Waals surface area (Å²) in [5.41, 5.74) is 0.958. The van der Waals surface area contributed by atoms with Gasteiger partial charge in [-0.05, 0) is 30.4 Å². The molecule has 1 fully saturated rings. The molecular weight excluding hydrogens is 252 g/mol. The van der Waals surface area contributed by atoms with Crippen LogP contribution in [0.25, 0.3) is 0 Å². The summed E-state index contributed by atoms with van der Waals surface area (Å²) in [5, 5.41) is 14.5. The van der Waals surface area contributed by atoms with Crippen LogP contribution in [0.15, 0.2) is 18.2 Å². The van der Waals surface area contributed by atoms with Gasteiger partial charge in [0.15, 0.2) is 0 Å². The van der Waals surface area contributed by atoms with E-state index in [1.54, 1.807) is 6.07 Å². The van der Waals surface area contributed by atoms with Crippen molar-refractivity contribution in [2.75, 3.05) is 0 Å². The fourth-order valence-corrected chi connectivity index (χ4v) is 2.72. The van der Waals surface area contributed by atoms with Gasteiger partial charge in [-0.2, -0.15) is 0 Å². The number of nitrogens with one attached hydrogen (secondary N) is 1. The first kappa shape index (κ1) is 13.3. The maximum atomic E-state index is 10.6. The van der Waals surface area contributed by atoms with Crippen LogP contribution in [-0.2, 0) is 6.54 Å². The molecule has 98 valence electrons. The number of non-ortho nitro benzene ring substituents is 1. The van der Waals surface area contributed by atoms with Gasteiger partial charge in [0, 0.05) is 24.7 Å². The van der Waals surface area contributed by atoms with Crippen LogP contribution in [0.4, 0.5) is 5.69 Å². The number of rotatable bonds is 4. The molecule has 0 heterocycles. The van der Waals surface area contributed by atoms with E-state index in [0.29, 0.717) is 23.5 Å². The third kappa shape index (κ3) is 3.00. The zero-order valence-electron chi connectivity index (χ0n) is 10.4. The molecule has 1 aliphatic rings. The predicted octanol–water partition coefficient (Wildman–Crippen LogP) is 3.53. The molecule has 0 amide bonds. The fourth-order valence-electron chi connectivity index (χ4n) is 2.48. The SMILES string of the molecule is CC1CCCC1NCc1ccc([N+](=O)[O-])cc1Cl. The molecule has 5 heteroatoms. The third-order valence-electron chi connectivity index (χ3n) is 3.66. The number of nitro groups is 1. The monoisotopic (exact) mass is 268 g/mol. The van der Waals surface area contributed by atoms with Crippen molar-refractivity contribution in [1.29, 1.82) is 0 Å². The van der Waals surface area contributed by atoms with Gasteiger partial charge in [-0.25, -0.2) is 0 Å². The first-order valence-corrected chi connectivity index (χ1v) is 6.62. The van der Waals surface area contributed by atoms with Crippen molar-refractivity contribution in [3.8, 4) is 0 Å². The number of hydrogen-bond donors (Lipinski definition) is 1. The van der Waals surface area contributed by atoms with Crippen molar-refractivity contribution in [2.24, 2.45) is 5.92 Å². The normalized spacial score (nSPS) is 23.2. The lowest BCUT2D eigenvalue weighted by atomic mass is 10.1. The Bertz CT molecular complexity index is 451. The highest BCUT2D eigenvalue weighted by Crippen LogP contribution is 2.26. The molecule has 0 aliphatic heterocycles. The van der Waals surface area contributed by atoms with Gasteiger partial charge in [0.25, 0.3) is 5.69 Å². The van der Waals surface area contributed by atoms with Gasteiger partial charge < -0.3 is 5.32 Å². The Morgan fingerprint density at radius 3 is 2.83 bits per heavy atom. The van der Waals surface area contributed by atoms with Gasteiger partial charge in [0.05, 0.1) is 9.95 Å². The summed E-state index contributed by atoms with van der Waals surface area (Å²) in [6.45, 7) is 2.92. The average molecular weight is 269 g/mol. The lowest BCUT2D eigenvalue weighted by molar-refractivity contribution is -0.384. The lowest BCUT2D eigenvalue weighted by Gasteiger charge is -2.17. The van der Waals surface area contributed by atoms with E-state index in [1.807, 2.05) is 0 Å². The highest BCUT2D eigenvalue weighted by atomic mass is 35.5. The second-order valence-corrected chi connectivity index (χ2v) is 5.34. The summed E-state index contributed by atoms with van der Waals surface area (Å²) in [4.78, 5) is 10.2. The second-order valence-electron chi connectivity index (χ2n) is 4.93. The maximum Gasteiger partial charge on any atom is 0.270 e. The first-order chi connectivity index (χ1) is 8.58. The van der Waals surface area contributed by atoms with Crippen molar-refractivity contribution >= 4 is 17.3 Å². The van der Waals surface area contributed by atoms with E-state index in [0.717, 1.165) is 5.56 Å². The lowest BCUT2D eigenvalue weighted by Crippen LogP contribution is -2.30. The summed E-state index contributed by atoms with van der Waals surface area (Å²) in [5.74, 6) is 0.696. The quantitative estimate of drug-likeness (QED) is 0.671. The molecule has 1 saturated carbocycles. The molecule has 18 heavy (non-hydrogen) atoms. The van der Waals surface area contributed by atoms with Gasteiger partial charge in [-0.1, -0.05) is 24.9 Å². The van der Waals surface area contributed by atoms with Crippen molar-refractivity contribution in [3.05, 3.63) is 38.9 Å². The number of benzene rings is 1. The topological polar surface area (TPSA) is 55.2 Å². The molecule has 0 saturated heterocycles. The molecule has 1 aromatic carbocycles. The molecule has 0 bridgehead atoms. The first-order valence-electron chi connectivity index (χ1n) is 6.24. The summed E-state index contributed by atoms with van der Waals surface area (Å²) in [7, 11) is 0. The van der Waals surface area contributed by atoms with Gasteiger partial charge in [0.2, 0.25) is 0 Å². The minimum absolute atomic E-state index is 0.0398. The van der Waals surface area contributed by atoms with Crippen LogP contribution in [0.3, 0.4) is 0 Å². The van der Waals surface area contributed by atoms with E-state index < -0.39 is 4.92 Å². The molecule has 4 nitrogen and oxygen atoms in total. The van der Waals surface area contributed by atoms with E-state index in [2.05, 4.69) is 12.2 Å². The number of halogens is 1. The van der Waals surface area contributed by atoms with Crippen molar-refractivity contribution in [2.45, 2.75) is 38.8 Å². The highest BCUT2D eigenvalue weighted by molar-refractivity contribution is 6.31. The van der Waals surface area contributed by atoms with Crippen LogP contribution in [0.5, 0.6) is 0 Å². The minimum Gasteiger partial charge on any atom is -0.310 e. The van der Waals surface area contributed by atoms with Crippen LogP contribution in [0.2, 0.25) is 5.02 Å². The zero-order chi connectivity index (χ0) is 13.1. The summed E-state index contributed by atoms with van der Waals surface area (Å²) < 4.78 is 0. The number of hydrogen-bond acceptors (Lipinski definition) is 3. The van der Waals surface area contributed by atoms with E-state index in [-0.39, 0.29) is 5.69 Å². The molecule has 1 aliphatic carbocycles. The molecule has 2 unspecified atom stereocenters. The van der Waals surface area contributed by atoms with Crippen LogP contribution in [0, 0.1) is 16.0 Å². The molecule has 1 aromatic rings. The van der Waals surface area contributed by atoms with Crippen LogP contribution in [-0.4, -0.2) is 11.0 Å². The van der Waals surface area contributed by atoms with Crippen LogP contribution >= 0.6 is 11.6 Å². The maximum absolute atomic E-state index is 10.6. The molecule has 0 radical (unpaired) electrons. The molecule has 2 atom stereocenters. The van der Waals surface area contributed by atoms with Gasteiger partial charge in [-0.15, -0.1) is 0 Å². The van der Waals surface area contributed by atoms with E-state index in [1.165, 1.54) is 31.4 Å². The van der Waals surface area contributed by atoms with Crippen molar-refractivity contribution < 1.29 is 4.92 Å². The van der Waals surface area contributed by atoms with Gasteiger partial charge in [-0.3, -0.25) is 10.1 Å². The smallest absolute Gasteiger partial charge is 0.270 e. The fraction of sp³-hybridized carbons (Fsp3) is 0.538. The summed E-state index contributed by atoms with van der Waals surface area (Å²) in [6.07, 6.45) is 3.74. The van der Waals surface area contributed by atoms with Gasteiger partial charge in [0.1, 0.15) is 0 Å². The molecule has 0 aromatic heterocycles. The van der Waals surface area contributed by atoms with Crippen molar-refractivity contribution in [3.63, 3.8) is 0 Å². The zero-order valence-corrected chi connectivity index (χ0v) is 11.1. The van der Waals surface area contributed by atoms with Crippen LogP contribution in [0.1, 0.15) is 31.7 Å². The predicted molar refractivity (Wildman–Crippen MR) is 71.7 cm³/mol. The van der Waals surface area contributed by atoms with Crippen molar-refractivity contribution in [1.82, 2.24) is 5.32 Å². The molecule has 0 spiro atoms. The second kappa shape index (κ2) is 5.67. The van der Waals surface area contributed by atoms with Gasteiger partial charge >= 0.3 is 0 Å². The number of nitrogens with zero attached hydrogens (tertiary/aromatic N) is 1. The Labute approximate surface area is 111 Å². The third-order valence-corrected chi connectivity index (χ3v) is 4.02. The average Bonchev–Trinajstić information content (AvgIpc) is 2.73. The molecular formula is C13H17ClN2O2. The minimum atomic E-state index is -0.428. The Hall–Kier alpha value is -1.13. The Morgan fingerprint density at radius 2 is 2.28 bits per heavy atom. The van der Waals surface area contributed by atoms with E-state index in [4.69, 9.17) is 11.6 Å². The summed E-state index contributed by atoms with van der Waals surface area (Å²) in [6, 6.07) is 5.18. The Morgan fingerprint density at radius 1 is 1.50 bits per heavy atom.